The van der Waals surface area contributed by atoms with Gasteiger partial charge in [-0.15, -0.1) is 0 Å². The molecule has 0 aromatic heterocycles. The average molecular weight is 463 g/mol. The van der Waals surface area contributed by atoms with Gasteiger partial charge < -0.3 is 15.1 Å². The molecule has 2 aromatic carbocycles. The molecule has 3 rings (SSSR count). The first-order valence-corrected chi connectivity index (χ1v) is 11.8. The highest BCUT2D eigenvalue weighted by Gasteiger charge is 2.47. The van der Waals surface area contributed by atoms with Gasteiger partial charge in [0.25, 0.3) is 5.91 Å². The van der Waals surface area contributed by atoms with Crippen LogP contribution in [0.5, 0.6) is 0 Å². The number of carbonyl (C=O) groups is 1. The van der Waals surface area contributed by atoms with Gasteiger partial charge in [-0.2, -0.15) is 0 Å². The van der Waals surface area contributed by atoms with Crippen LogP contribution in [-0.4, -0.2) is 59.2 Å². The Balaban J connectivity index is 1.70. The third kappa shape index (κ3) is 4.83. The molecule has 0 radical (unpaired) electrons. The van der Waals surface area contributed by atoms with Gasteiger partial charge in [0.15, 0.2) is 14.6 Å². The molecule has 4 N–H and O–H groups in total. The lowest BCUT2D eigenvalue weighted by Gasteiger charge is -2.26. The Bertz CT molecular complexity index is 1100. The molecule has 172 valence electrons. The number of nitrogens with one attached hydrogen (secondary N) is 1. The second-order valence-corrected chi connectivity index (χ2v) is 10.5. The van der Waals surface area contributed by atoms with Gasteiger partial charge >= 0.3 is 0 Å². The number of aliphatic hydroxyl groups excluding tert-OH is 2. The Morgan fingerprint density at radius 1 is 1.16 bits per heavy atom. The van der Waals surface area contributed by atoms with E-state index in [1.807, 2.05) is 36.4 Å². The van der Waals surface area contributed by atoms with Crippen LogP contribution in [0.1, 0.15) is 37.0 Å². The zero-order chi connectivity index (χ0) is 23.5. The molecule has 3 atom stereocenters. The maximum Gasteiger partial charge on any atom is 0.264 e. The molecular formula is C22H26N2O7S. The molecule has 1 aliphatic rings. The summed E-state index contributed by atoms with van der Waals surface area (Å²) in [4.78, 5) is 17.4. The van der Waals surface area contributed by atoms with Gasteiger partial charge in [0.1, 0.15) is 12.2 Å². The number of rotatable bonds is 8. The molecule has 0 aliphatic carbocycles. The number of nitrogens with zero attached hydrogens (tertiary/aromatic N) is 1. The van der Waals surface area contributed by atoms with Crippen molar-refractivity contribution in [1.29, 1.82) is 0 Å². The standard InChI is InChI=1S/C22H26N2O7S/c1-22(21(27)23-28,32(2,29)30)12-18-11-19(24-31-18)16-7-3-14(4-8-16)15-5-9-17(10-6-15)20(26)13-25/h3-10,18,20,25-26,28H,11-13H2,1-2H3,(H,23,27)/t18?,20-,22?/m0/s1. The predicted octanol–water partition coefficient (Wildman–Crippen LogP) is 1.57. The fourth-order valence-electron chi connectivity index (χ4n) is 3.53. The van der Waals surface area contributed by atoms with E-state index in [9.17, 15) is 18.3 Å². The molecule has 1 amide bonds. The zero-order valence-corrected chi connectivity index (χ0v) is 18.5. The Labute approximate surface area is 186 Å². The van der Waals surface area contributed by atoms with Gasteiger partial charge in [0.2, 0.25) is 0 Å². The van der Waals surface area contributed by atoms with Crippen molar-refractivity contribution < 1.29 is 33.5 Å². The molecule has 2 unspecified atom stereocenters. The first-order chi connectivity index (χ1) is 15.1. The summed E-state index contributed by atoms with van der Waals surface area (Å²) < 4.78 is 22.4. The van der Waals surface area contributed by atoms with Gasteiger partial charge in [0, 0.05) is 19.1 Å². The van der Waals surface area contributed by atoms with Gasteiger partial charge in [-0.3, -0.25) is 10.0 Å². The number of hydrogen-bond donors (Lipinski definition) is 4. The lowest BCUT2D eigenvalue weighted by molar-refractivity contribution is -0.132. The summed E-state index contributed by atoms with van der Waals surface area (Å²) in [6, 6.07) is 14.8. The lowest BCUT2D eigenvalue weighted by atomic mass is 9.95. The number of amides is 1. The van der Waals surface area contributed by atoms with Crippen molar-refractivity contribution in [1.82, 2.24) is 5.48 Å². The maximum atomic E-state index is 12.1. The summed E-state index contributed by atoms with van der Waals surface area (Å²) >= 11 is 0. The molecular weight excluding hydrogens is 436 g/mol. The second kappa shape index (κ2) is 9.37. The van der Waals surface area contributed by atoms with Crippen molar-refractivity contribution in [3.63, 3.8) is 0 Å². The van der Waals surface area contributed by atoms with Gasteiger partial charge in [0.05, 0.1) is 12.3 Å². The van der Waals surface area contributed by atoms with Crippen LogP contribution in [0, 0.1) is 0 Å². The van der Waals surface area contributed by atoms with Gasteiger partial charge in [-0.1, -0.05) is 53.7 Å². The third-order valence-corrected chi connectivity index (χ3v) is 7.76. The average Bonchev–Trinajstić information content (AvgIpc) is 3.25. The van der Waals surface area contributed by atoms with Crippen LogP contribution < -0.4 is 5.48 Å². The normalized spacial score (nSPS) is 18.9. The van der Waals surface area contributed by atoms with Crippen LogP contribution >= 0.6 is 0 Å². The molecule has 9 nitrogen and oxygen atoms in total. The summed E-state index contributed by atoms with van der Waals surface area (Å²) in [5, 5.41) is 31.7. The van der Waals surface area contributed by atoms with E-state index in [1.165, 1.54) is 12.4 Å². The number of carbonyl (C=O) groups excluding carboxylic acids is 1. The minimum Gasteiger partial charge on any atom is -0.393 e. The lowest BCUT2D eigenvalue weighted by Crippen LogP contribution is -2.51. The second-order valence-electron chi connectivity index (χ2n) is 8.02. The molecule has 1 aliphatic heterocycles. The maximum absolute atomic E-state index is 12.1. The molecule has 1 heterocycles. The minimum absolute atomic E-state index is 0.157. The van der Waals surface area contributed by atoms with E-state index in [0.29, 0.717) is 17.7 Å². The topological polar surface area (TPSA) is 146 Å². The molecule has 0 spiro atoms. The Hall–Kier alpha value is -2.79. The fourth-order valence-corrected chi connectivity index (χ4v) is 4.40. The first kappa shape index (κ1) is 23.9. The number of benzene rings is 2. The minimum atomic E-state index is -3.82. The zero-order valence-electron chi connectivity index (χ0n) is 17.7. The molecule has 0 fully saturated rings. The smallest absolute Gasteiger partial charge is 0.264 e. The highest BCUT2D eigenvalue weighted by atomic mass is 32.2. The summed E-state index contributed by atoms with van der Waals surface area (Å²) in [6.07, 6.45) is -0.444. The van der Waals surface area contributed by atoms with E-state index in [4.69, 9.17) is 15.2 Å². The summed E-state index contributed by atoms with van der Waals surface area (Å²) in [6.45, 7) is 0.905. The van der Waals surface area contributed by atoms with Crippen molar-refractivity contribution in [2.75, 3.05) is 12.9 Å². The molecule has 2 aromatic rings. The van der Waals surface area contributed by atoms with Crippen molar-refractivity contribution in [2.45, 2.75) is 36.7 Å². The number of hydrogen-bond acceptors (Lipinski definition) is 8. The highest BCUT2D eigenvalue weighted by Crippen LogP contribution is 2.30. The van der Waals surface area contributed by atoms with Crippen LogP contribution in [-0.2, 0) is 19.5 Å². The Morgan fingerprint density at radius 2 is 1.69 bits per heavy atom. The number of sulfone groups is 1. The number of oxime groups is 1. The van der Waals surface area contributed by atoms with Crippen LogP contribution in [0.4, 0.5) is 0 Å². The predicted molar refractivity (Wildman–Crippen MR) is 118 cm³/mol. The van der Waals surface area contributed by atoms with Crippen molar-refractivity contribution in [2.24, 2.45) is 5.16 Å². The Morgan fingerprint density at radius 3 is 2.19 bits per heavy atom. The monoisotopic (exact) mass is 462 g/mol. The molecule has 32 heavy (non-hydrogen) atoms. The van der Waals surface area contributed by atoms with Crippen LogP contribution in [0.2, 0.25) is 0 Å². The fraction of sp³-hybridized carbons (Fsp3) is 0.364. The van der Waals surface area contributed by atoms with Crippen LogP contribution in [0.3, 0.4) is 0 Å². The SMILES string of the molecule is CC(CC1CC(c2ccc(-c3ccc([C@@H](O)CO)cc3)cc2)=NO1)(C(=O)NO)S(C)(=O)=O. The summed E-state index contributed by atoms with van der Waals surface area (Å²) in [7, 11) is -3.82. The van der Waals surface area contributed by atoms with Crippen molar-refractivity contribution in [3.05, 3.63) is 59.7 Å². The molecule has 0 saturated heterocycles. The number of aliphatic hydroxyl groups is 2. The van der Waals surface area contributed by atoms with Gasteiger partial charge in [-0.05, 0) is 29.2 Å². The van der Waals surface area contributed by atoms with E-state index in [0.717, 1.165) is 22.9 Å². The van der Waals surface area contributed by atoms with E-state index in [-0.39, 0.29) is 13.0 Å². The summed E-state index contributed by atoms with van der Waals surface area (Å²) in [5.41, 5.74) is 5.37. The van der Waals surface area contributed by atoms with E-state index < -0.39 is 32.7 Å². The van der Waals surface area contributed by atoms with E-state index in [1.54, 1.807) is 12.1 Å². The van der Waals surface area contributed by atoms with Crippen molar-refractivity contribution in [3.8, 4) is 11.1 Å². The van der Waals surface area contributed by atoms with Crippen molar-refractivity contribution >= 4 is 21.5 Å². The largest absolute Gasteiger partial charge is 0.393 e. The van der Waals surface area contributed by atoms with Crippen LogP contribution in [0.25, 0.3) is 11.1 Å². The van der Waals surface area contributed by atoms with Crippen LogP contribution in [0.15, 0.2) is 53.7 Å². The highest BCUT2D eigenvalue weighted by molar-refractivity contribution is 7.92. The van der Waals surface area contributed by atoms with E-state index in [2.05, 4.69) is 5.16 Å². The third-order valence-electron chi connectivity index (χ3n) is 5.77. The quantitative estimate of drug-likeness (QED) is 0.344. The van der Waals surface area contributed by atoms with Gasteiger partial charge in [-0.25, -0.2) is 13.9 Å². The Kier molecular flexibility index (Phi) is 6.99. The van der Waals surface area contributed by atoms with E-state index >= 15 is 0 Å². The number of hydroxylamine groups is 1. The summed E-state index contributed by atoms with van der Waals surface area (Å²) in [5.74, 6) is -1.01. The first-order valence-electron chi connectivity index (χ1n) is 9.95. The molecule has 0 saturated carbocycles. The molecule has 0 bridgehead atoms. The molecule has 10 heteroatoms.